The van der Waals surface area contributed by atoms with E-state index in [0.29, 0.717) is 28.4 Å². The Morgan fingerprint density at radius 1 is 1.28 bits per heavy atom. The molecule has 1 aliphatic heterocycles. The van der Waals surface area contributed by atoms with Gasteiger partial charge < -0.3 is 10.1 Å². The van der Waals surface area contributed by atoms with Crippen molar-refractivity contribution < 1.29 is 17.5 Å². The molecule has 1 atom stereocenters. The van der Waals surface area contributed by atoms with Crippen LogP contribution in [0.15, 0.2) is 47.6 Å². The third-order valence-electron chi connectivity index (χ3n) is 5.47. The second kappa shape index (κ2) is 7.68. The molecule has 1 fully saturated rings. The summed E-state index contributed by atoms with van der Waals surface area (Å²) in [4.78, 5) is 8.98. The monoisotopic (exact) mass is 456 g/mol. The van der Waals surface area contributed by atoms with Crippen LogP contribution in [0.25, 0.3) is 16.9 Å². The molecule has 0 unspecified atom stereocenters. The Kier molecular flexibility index (Phi) is 4.94. The molecule has 0 radical (unpaired) electrons. The highest BCUT2D eigenvalue weighted by Gasteiger charge is 2.36. The molecule has 1 aliphatic rings. The molecule has 0 bridgehead atoms. The van der Waals surface area contributed by atoms with E-state index in [1.165, 1.54) is 6.07 Å². The number of H-pyrrole nitrogens is 1. The van der Waals surface area contributed by atoms with Crippen LogP contribution in [0.5, 0.6) is 0 Å². The van der Waals surface area contributed by atoms with E-state index in [4.69, 9.17) is 4.74 Å². The van der Waals surface area contributed by atoms with Crippen LogP contribution < -0.4 is 5.32 Å². The number of nitrogens with one attached hydrogen (secondary N) is 2. The van der Waals surface area contributed by atoms with Crippen molar-refractivity contribution in [2.75, 3.05) is 18.5 Å². The third-order valence-corrected chi connectivity index (χ3v) is 7.55. The number of ether oxygens (including phenoxy) is 1. The highest BCUT2D eigenvalue weighted by atomic mass is 32.2. The average Bonchev–Trinajstić information content (AvgIpc) is 3.30. The number of aromatic nitrogens is 5. The minimum absolute atomic E-state index is 0.186. The first-order chi connectivity index (χ1) is 15.3. The number of rotatable bonds is 6. The van der Waals surface area contributed by atoms with E-state index < -0.39 is 20.9 Å². The first-order valence-electron chi connectivity index (χ1n) is 10.1. The normalized spacial score (nSPS) is 15.6. The number of anilines is 1. The Balaban J connectivity index is 1.58. The van der Waals surface area contributed by atoms with Crippen molar-refractivity contribution in [3.8, 4) is 5.82 Å². The van der Waals surface area contributed by atoms with Crippen LogP contribution in [0, 0.1) is 12.7 Å². The highest BCUT2D eigenvalue weighted by Crippen LogP contribution is 2.32. The first-order valence-corrected chi connectivity index (χ1v) is 11.6. The van der Waals surface area contributed by atoms with Gasteiger partial charge in [-0.1, -0.05) is 0 Å². The van der Waals surface area contributed by atoms with Gasteiger partial charge in [0.25, 0.3) is 0 Å². The summed E-state index contributed by atoms with van der Waals surface area (Å²) >= 11 is 0. The van der Waals surface area contributed by atoms with Gasteiger partial charge >= 0.3 is 0 Å². The standard InChI is InChI=1S/C21H21FN6O3S/c1-12-7-20(27-26-12)28-9-18(32(29,30)15-10-31-11-15)16-4-6-19(25-21(16)28)24-13(2)17-5-3-14(22)8-23-17/h3-9,13,15H,10-11H2,1-2H3,(H,24,25)(H,26,27)/t13-/m0/s1. The number of halogens is 1. The van der Waals surface area contributed by atoms with Gasteiger partial charge in [-0.05, 0) is 38.1 Å². The van der Waals surface area contributed by atoms with E-state index in [1.807, 2.05) is 19.9 Å². The molecular weight excluding hydrogens is 435 g/mol. The van der Waals surface area contributed by atoms with E-state index >= 15 is 0 Å². The van der Waals surface area contributed by atoms with Gasteiger partial charge in [-0.25, -0.2) is 17.8 Å². The molecule has 0 aliphatic carbocycles. The van der Waals surface area contributed by atoms with Gasteiger partial charge in [0, 0.05) is 23.3 Å². The van der Waals surface area contributed by atoms with Crippen LogP contribution in [-0.4, -0.2) is 51.6 Å². The fourth-order valence-corrected chi connectivity index (χ4v) is 5.22. The summed E-state index contributed by atoms with van der Waals surface area (Å²) in [5.74, 6) is 0.661. The van der Waals surface area contributed by atoms with Gasteiger partial charge in [0.2, 0.25) is 0 Å². The summed E-state index contributed by atoms with van der Waals surface area (Å²) in [5.41, 5.74) is 1.95. The second-order valence-corrected chi connectivity index (χ2v) is 10.0. The Morgan fingerprint density at radius 2 is 2.09 bits per heavy atom. The highest BCUT2D eigenvalue weighted by molar-refractivity contribution is 7.92. The van der Waals surface area contributed by atoms with Crippen LogP contribution in [0.2, 0.25) is 0 Å². The molecule has 0 amide bonds. The second-order valence-electron chi connectivity index (χ2n) is 7.81. The predicted molar refractivity (Wildman–Crippen MR) is 116 cm³/mol. The zero-order chi connectivity index (χ0) is 22.5. The summed E-state index contributed by atoms with van der Waals surface area (Å²) < 4.78 is 46.2. The Labute approximate surface area is 183 Å². The van der Waals surface area contributed by atoms with Crippen LogP contribution >= 0.6 is 0 Å². The maximum atomic E-state index is 13.2. The molecule has 1 saturated heterocycles. The minimum Gasteiger partial charge on any atom is -0.379 e. The van der Waals surface area contributed by atoms with Gasteiger partial charge in [0.05, 0.1) is 36.0 Å². The van der Waals surface area contributed by atoms with Gasteiger partial charge in [-0.3, -0.25) is 14.6 Å². The number of sulfone groups is 1. The average molecular weight is 457 g/mol. The molecule has 0 saturated carbocycles. The van der Waals surface area contributed by atoms with Crippen molar-refractivity contribution in [3.63, 3.8) is 0 Å². The summed E-state index contributed by atoms with van der Waals surface area (Å²) in [6.45, 7) is 4.12. The predicted octanol–water partition coefficient (Wildman–Crippen LogP) is 2.94. The van der Waals surface area contributed by atoms with Crippen molar-refractivity contribution in [1.29, 1.82) is 0 Å². The molecule has 0 aromatic carbocycles. The summed E-state index contributed by atoms with van der Waals surface area (Å²) in [6, 6.07) is 7.98. The number of fused-ring (bicyclic) bond motifs is 1. The first kappa shape index (κ1) is 20.6. The van der Waals surface area contributed by atoms with Gasteiger partial charge in [-0.15, -0.1) is 0 Å². The molecule has 5 heterocycles. The van der Waals surface area contributed by atoms with Crippen LogP contribution in [0.3, 0.4) is 0 Å². The van der Waals surface area contributed by atoms with Crippen molar-refractivity contribution in [3.05, 3.63) is 59.9 Å². The quantitative estimate of drug-likeness (QED) is 0.458. The van der Waals surface area contributed by atoms with Crippen molar-refractivity contribution in [2.45, 2.75) is 30.0 Å². The van der Waals surface area contributed by atoms with Crippen LogP contribution in [0.4, 0.5) is 10.2 Å². The molecule has 0 spiro atoms. The van der Waals surface area contributed by atoms with E-state index in [-0.39, 0.29) is 24.2 Å². The van der Waals surface area contributed by atoms with Gasteiger partial charge in [0.15, 0.2) is 15.7 Å². The fraction of sp³-hybridized carbons (Fsp3) is 0.286. The van der Waals surface area contributed by atoms with Crippen molar-refractivity contribution >= 4 is 26.7 Å². The summed E-state index contributed by atoms with van der Waals surface area (Å²) in [6.07, 6.45) is 2.73. The Morgan fingerprint density at radius 3 is 2.72 bits per heavy atom. The lowest BCUT2D eigenvalue weighted by Gasteiger charge is -2.25. The van der Waals surface area contributed by atoms with E-state index in [2.05, 4.69) is 25.5 Å². The van der Waals surface area contributed by atoms with E-state index in [0.717, 1.165) is 11.9 Å². The summed E-state index contributed by atoms with van der Waals surface area (Å²) in [5, 5.41) is 10.3. The molecular formula is C21H21FN6O3S. The van der Waals surface area contributed by atoms with Crippen molar-refractivity contribution in [2.24, 2.45) is 0 Å². The SMILES string of the molecule is Cc1cc(-n2cc(S(=O)(=O)C3COC3)c3ccc(N[C@@H](C)c4ccc(F)cn4)nc32)n[nH]1. The fourth-order valence-electron chi connectivity index (χ4n) is 3.59. The molecule has 9 nitrogen and oxygen atoms in total. The molecule has 11 heteroatoms. The topological polar surface area (TPSA) is 115 Å². The number of aryl methyl sites for hydroxylation is 1. The Bertz CT molecular complexity index is 1390. The van der Waals surface area contributed by atoms with Crippen LogP contribution in [-0.2, 0) is 14.6 Å². The third kappa shape index (κ3) is 3.53. The number of hydrogen-bond acceptors (Lipinski definition) is 7. The van der Waals surface area contributed by atoms with Gasteiger partial charge in [0.1, 0.15) is 22.5 Å². The molecule has 4 aromatic heterocycles. The lowest BCUT2D eigenvalue weighted by Crippen LogP contribution is -2.40. The molecule has 32 heavy (non-hydrogen) atoms. The maximum absolute atomic E-state index is 13.2. The largest absolute Gasteiger partial charge is 0.379 e. The summed E-state index contributed by atoms with van der Waals surface area (Å²) in [7, 11) is -3.58. The Hall–Kier alpha value is -3.31. The van der Waals surface area contributed by atoms with Gasteiger partial charge in [-0.2, -0.15) is 5.10 Å². The molecule has 2 N–H and O–H groups in total. The number of pyridine rings is 2. The molecule has 4 aromatic rings. The molecule has 166 valence electrons. The number of nitrogens with zero attached hydrogens (tertiary/aromatic N) is 4. The zero-order valence-corrected chi connectivity index (χ0v) is 18.2. The lowest BCUT2D eigenvalue weighted by atomic mass is 10.2. The smallest absolute Gasteiger partial charge is 0.187 e. The lowest BCUT2D eigenvalue weighted by molar-refractivity contribution is 0.0416. The molecule has 5 rings (SSSR count). The zero-order valence-electron chi connectivity index (χ0n) is 17.4. The van der Waals surface area contributed by atoms with Crippen LogP contribution in [0.1, 0.15) is 24.4 Å². The maximum Gasteiger partial charge on any atom is 0.187 e. The van der Waals surface area contributed by atoms with Crippen molar-refractivity contribution in [1.82, 2.24) is 24.7 Å². The number of hydrogen-bond donors (Lipinski definition) is 2. The minimum atomic E-state index is -3.58. The number of aromatic amines is 1. The van der Waals surface area contributed by atoms with E-state index in [9.17, 15) is 12.8 Å². The van der Waals surface area contributed by atoms with E-state index in [1.54, 1.807) is 29.0 Å².